The molecule has 0 saturated carbocycles. The van der Waals surface area contributed by atoms with Gasteiger partial charge in [0.2, 0.25) is 5.95 Å². The minimum absolute atomic E-state index is 0.619. The molecule has 0 saturated heterocycles. The molecule has 2 aromatic heterocycles. The van der Waals surface area contributed by atoms with E-state index in [4.69, 9.17) is 0 Å². The van der Waals surface area contributed by atoms with E-state index in [1.165, 1.54) is 12.8 Å². The van der Waals surface area contributed by atoms with Crippen LogP contribution in [-0.2, 0) is 6.54 Å². The largest absolute Gasteiger partial charge is 0.370 e. The summed E-state index contributed by atoms with van der Waals surface area (Å²) >= 11 is 0. The minimum atomic E-state index is 0.619. The van der Waals surface area contributed by atoms with Gasteiger partial charge in [-0.15, -0.1) is 0 Å². The molecule has 0 amide bonds. The normalized spacial score (nSPS) is 10.5. The van der Waals surface area contributed by atoms with E-state index < -0.39 is 0 Å². The van der Waals surface area contributed by atoms with Gasteiger partial charge in [0, 0.05) is 37.1 Å². The maximum atomic E-state index is 4.68. The molecule has 0 fully saturated rings. The standard InChI is InChI=1S/C21H25N5/c1-2-3-7-13-23-20-14-19(18-10-5-4-6-11-18)25-21(26-20)24-16-17-9-8-12-22-15-17/h4-6,8-12,14-15H,2-3,7,13,16H2,1H3,(H2,23,24,25,26). The summed E-state index contributed by atoms with van der Waals surface area (Å²) in [5, 5.41) is 6.74. The van der Waals surface area contributed by atoms with Crippen LogP contribution in [0.25, 0.3) is 11.3 Å². The maximum Gasteiger partial charge on any atom is 0.225 e. The molecule has 5 nitrogen and oxygen atoms in total. The summed E-state index contributed by atoms with van der Waals surface area (Å²) in [5.41, 5.74) is 3.09. The third-order valence-electron chi connectivity index (χ3n) is 4.06. The van der Waals surface area contributed by atoms with Crippen molar-refractivity contribution in [2.24, 2.45) is 0 Å². The number of nitrogens with zero attached hydrogens (tertiary/aromatic N) is 3. The lowest BCUT2D eigenvalue weighted by Crippen LogP contribution is -2.09. The van der Waals surface area contributed by atoms with Crippen LogP contribution in [0.1, 0.15) is 31.7 Å². The second kappa shape index (κ2) is 9.51. The molecule has 0 unspecified atom stereocenters. The number of rotatable bonds is 9. The van der Waals surface area contributed by atoms with Crippen LogP contribution in [0.4, 0.5) is 11.8 Å². The number of anilines is 2. The average molecular weight is 347 g/mol. The first kappa shape index (κ1) is 17.9. The van der Waals surface area contributed by atoms with E-state index in [0.717, 1.165) is 35.6 Å². The van der Waals surface area contributed by atoms with Crippen molar-refractivity contribution in [3.63, 3.8) is 0 Å². The van der Waals surface area contributed by atoms with Crippen LogP contribution in [0.3, 0.4) is 0 Å². The van der Waals surface area contributed by atoms with Gasteiger partial charge in [-0.05, 0) is 18.1 Å². The van der Waals surface area contributed by atoms with Crippen molar-refractivity contribution in [1.29, 1.82) is 0 Å². The van der Waals surface area contributed by atoms with E-state index in [-0.39, 0.29) is 0 Å². The molecule has 0 spiro atoms. The molecule has 0 aliphatic rings. The molecule has 1 aromatic carbocycles. The molecule has 0 aliphatic heterocycles. The molecule has 0 radical (unpaired) electrons. The zero-order chi connectivity index (χ0) is 18.0. The quantitative estimate of drug-likeness (QED) is 0.547. The van der Waals surface area contributed by atoms with E-state index in [2.05, 4.69) is 44.6 Å². The van der Waals surface area contributed by atoms with Gasteiger partial charge in [0.1, 0.15) is 5.82 Å². The summed E-state index contributed by atoms with van der Waals surface area (Å²) in [7, 11) is 0. The Morgan fingerprint density at radius 1 is 0.923 bits per heavy atom. The van der Waals surface area contributed by atoms with Gasteiger partial charge in [-0.25, -0.2) is 4.98 Å². The molecule has 2 heterocycles. The van der Waals surface area contributed by atoms with Crippen LogP contribution in [0.2, 0.25) is 0 Å². The molecule has 5 heteroatoms. The van der Waals surface area contributed by atoms with Crippen LogP contribution < -0.4 is 10.6 Å². The van der Waals surface area contributed by atoms with Crippen LogP contribution in [-0.4, -0.2) is 21.5 Å². The molecule has 134 valence electrons. The van der Waals surface area contributed by atoms with Crippen LogP contribution in [0.15, 0.2) is 60.9 Å². The third kappa shape index (κ3) is 5.28. The molecule has 26 heavy (non-hydrogen) atoms. The Hall–Kier alpha value is -2.95. The number of hydrogen-bond acceptors (Lipinski definition) is 5. The van der Waals surface area contributed by atoms with Crippen LogP contribution in [0, 0.1) is 0 Å². The average Bonchev–Trinajstić information content (AvgIpc) is 2.71. The van der Waals surface area contributed by atoms with E-state index in [1.807, 2.05) is 42.6 Å². The predicted octanol–water partition coefficient (Wildman–Crippen LogP) is 4.75. The second-order valence-electron chi connectivity index (χ2n) is 6.18. The molecule has 0 bridgehead atoms. The minimum Gasteiger partial charge on any atom is -0.370 e. The summed E-state index contributed by atoms with van der Waals surface area (Å²) in [6, 6.07) is 16.2. The van der Waals surface area contributed by atoms with Gasteiger partial charge in [-0.1, -0.05) is 56.2 Å². The fourth-order valence-electron chi connectivity index (χ4n) is 2.65. The molecular formula is C21H25N5. The Balaban J connectivity index is 1.77. The number of hydrogen-bond donors (Lipinski definition) is 2. The van der Waals surface area contributed by atoms with E-state index in [1.54, 1.807) is 6.20 Å². The molecule has 2 N–H and O–H groups in total. The topological polar surface area (TPSA) is 62.7 Å². The van der Waals surface area contributed by atoms with Gasteiger partial charge in [0.15, 0.2) is 0 Å². The van der Waals surface area contributed by atoms with Crippen molar-refractivity contribution < 1.29 is 0 Å². The van der Waals surface area contributed by atoms with Crippen molar-refractivity contribution in [2.75, 3.05) is 17.2 Å². The molecule has 0 atom stereocenters. The van der Waals surface area contributed by atoms with Crippen molar-refractivity contribution in [1.82, 2.24) is 15.0 Å². The van der Waals surface area contributed by atoms with Crippen molar-refractivity contribution in [3.8, 4) is 11.3 Å². The lowest BCUT2D eigenvalue weighted by molar-refractivity contribution is 0.742. The van der Waals surface area contributed by atoms with E-state index >= 15 is 0 Å². The number of aromatic nitrogens is 3. The van der Waals surface area contributed by atoms with Crippen molar-refractivity contribution in [2.45, 2.75) is 32.7 Å². The summed E-state index contributed by atoms with van der Waals surface area (Å²) in [6.45, 7) is 3.77. The summed E-state index contributed by atoms with van der Waals surface area (Å²) in [6.07, 6.45) is 7.18. The van der Waals surface area contributed by atoms with Gasteiger partial charge < -0.3 is 10.6 Å². The zero-order valence-electron chi connectivity index (χ0n) is 15.2. The smallest absolute Gasteiger partial charge is 0.225 e. The first-order valence-electron chi connectivity index (χ1n) is 9.16. The molecule has 3 aromatic rings. The highest BCUT2D eigenvalue weighted by atomic mass is 15.1. The summed E-state index contributed by atoms with van der Waals surface area (Å²) in [4.78, 5) is 13.4. The first-order chi connectivity index (χ1) is 12.8. The predicted molar refractivity (Wildman–Crippen MR) is 107 cm³/mol. The van der Waals surface area contributed by atoms with Gasteiger partial charge in [-0.2, -0.15) is 4.98 Å². The number of pyridine rings is 1. The fraction of sp³-hybridized carbons (Fsp3) is 0.286. The van der Waals surface area contributed by atoms with E-state index in [0.29, 0.717) is 12.5 Å². The number of unbranched alkanes of at least 4 members (excludes halogenated alkanes) is 2. The van der Waals surface area contributed by atoms with Crippen LogP contribution >= 0.6 is 0 Å². The number of benzene rings is 1. The van der Waals surface area contributed by atoms with E-state index in [9.17, 15) is 0 Å². The molecule has 0 aliphatic carbocycles. The maximum absolute atomic E-state index is 4.68. The Morgan fingerprint density at radius 3 is 2.58 bits per heavy atom. The van der Waals surface area contributed by atoms with Gasteiger partial charge >= 0.3 is 0 Å². The highest BCUT2D eigenvalue weighted by molar-refractivity contribution is 5.64. The first-order valence-corrected chi connectivity index (χ1v) is 9.16. The monoisotopic (exact) mass is 347 g/mol. The zero-order valence-corrected chi connectivity index (χ0v) is 15.2. The van der Waals surface area contributed by atoms with Crippen molar-refractivity contribution >= 4 is 11.8 Å². The third-order valence-corrected chi connectivity index (χ3v) is 4.06. The Morgan fingerprint density at radius 2 is 1.81 bits per heavy atom. The Kier molecular flexibility index (Phi) is 6.53. The Labute approximate surface area is 154 Å². The second-order valence-corrected chi connectivity index (χ2v) is 6.18. The van der Waals surface area contributed by atoms with Gasteiger partial charge in [0.25, 0.3) is 0 Å². The van der Waals surface area contributed by atoms with Crippen molar-refractivity contribution in [3.05, 3.63) is 66.5 Å². The number of nitrogens with one attached hydrogen (secondary N) is 2. The van der Waals surface area contributed by atoms with Crippen LogP contribution in [0.5, 0.6) is 0 Å². The molecule has 3 rings (SSSR count). The molecular weight excluding hydrogens is 322 g/mol. The lowest BCUT2D eigenvalue weighted by atomic mass is 10.1. The highest BCUT2D eigenvalue weighted by Gasteiger charge is 2.07. The Bertz CT molecular complexity index is 790. The lowest BCUT2D eigenvalue weighted by Gasteiger charge is -2.11. The summed E-state index contributed by atoms with van der Waals surface area (Å²) in [5.74, 6) is 1.47. The van der Waals surface area contributed by atoms with Gasteiger partial charge in [0.05, 0.1) is 5.69 Å². The summed E-state index contributed by atoms with van der Waals surface area (Å²) < 4.78 is 0. The highest BCUT2D eigenvalue weighted by Crippen LogP contribution is 2.21. The SMILES string of the molecule is CCCCCNc1cc(-c2ccccc2)nc(NCc2cccnc2)n1. The fourth-order valence-corrected chi connectivity index (χ4v) is 2.65. The van der Waals surface area contributed by atoms with Gasteiger partial charge in [-0.3, -0.25) is 4.98 Å².